The molecule has 1 aliphatic rings. The highest BCUT2D eigenvalue weighted by molar-refractivity contribution is 5.88. The van der Waals surface area contributed by atoms with E-state index < -0.39 is 6.04 Å². The van der Waals surface area contributed by atoms with Crippen LogP contribution in [0.1, 0.15) is 31.7 Å². The second kappa shape index (κ2) is 9.53. The molecule has 2 rings (SSSR count). The Labute approximate surface area is 144 Å². The Kier molecular flexibility index (Phi) is 8.06. The van der Waals surface area contributed by atoms with Crippen molar-refractivity contribution in [3.63, 3.8) is 0 Å². The maximum absolute atomic E-state index is 12.5. The number of carbonyl (C=O) groups excluding carboxylic acids is 2. The van der Waals surface area contributed by atoms with Crippen LogP contribution in [0.3, 0.4) is 0 Å². The minimum Gasteiger partial charge on any atom is -0.344 e. The molecular formula is C17H26ClN3O2. The average Bonchev–Trinajstić information content (AvgIpc) is 2.93. The molecule has 1 fully saturated rings. The van der Waals surface area contributed by atoms with Crippen LogP contribution >= 0.6 is 12.4 Å². The van der Waals surface area contributed by atoms with E-state index in [-0.39, 0.29) is 30.3 Å². The minimum absolute atomic E-state index is 0. The number of hydrogen-bond donors (Lipinski definition) is 2. The van der Waals surface area contributed by atoms with Crippen LogP contribution in [-0.2, 0) is 16.0 Å². The summed E-state index contributed by atoms with van der Waals surface area (Å²) in [5.74, 6) is -0.113. The fourth-order valence-corrected chi connectivity index (χ4v) is 2.78. The van der Waals surface area contributed by atoms with Crippen molar-refractivity contribution >= 4 is 24.2 Å². The molecule has 0 saturated carbocycles. The average molecular weight is 340 g/mol. The predicted octanol–water partition coefficient (Wildman–Crippen LogP) is 1.50. The lowest BCUT2D eigenvalue weighted by Gasteiger charge is -2.24. The quantitative estimate of drug-likeness (QED) is 0.824. The number of likely N-dealkylation sites (tertiary alicyclic amines) is 1. The monoisotopic (exact) mass is 339 g/mol. The zero-order valence-corrected chi connectivity index (χ0v) is 14.3. The van der Waals surface area contributed by atoms with Gasteiger partial charge in [-0.15, -0.1) is 12.4 Å². The molecular weight excluding hydrogens is 314 g/mol. The van der Waals surface area contributed by atoms with E-state index in [1.165, 1.54) is 0 Å². The number of nitrogens with zero attached hydrogens (tertiary/aromatic N) is 1. The normalized spacial score (nSPS) is 18.2. The predicted molar refractivity (Wildman–Crippen MR) is 93.4 cm³/mol. The molecule has 1 aromatic rings. The van der Waals surface area contributed by atoms with Crippen LogP contribution < -0.4 is 11.1 Å². The lowest BCUT2D eigenvalue weighted by molar-refractivity contribution is -0.135. The van der Waals surface area contributed by atoms with Crippen LogP contribution in [0.4, 0.5) is 0 Å². The second-order valence-corrected chi connectivity index (χ2v) is 5.90. The molecule has 128 valence electrons. The molecule has 1 heterocycles. The Morgan fingerprint density at radius 1 is 1.35 bits per heavy atom. The summed E-state index contributed by atoms with van der Waals surface area (Å²) in [6.07, 6.45) is 2.64. The van der Waals surface area contributed by atoms with Crippen molar-refractivity contribution in [3.8, 4) is 0 Å². The van der Waals surface area contributed by atoms with Crippen LogP contribution in [0.5, 0.6) is 0 Å². The van der Waals surface area contributed by atoms with Gasteiger partial charge >= 0.3 is 0 Å². The van der Waals surface area contributed by atoms with Gasteiger partial charge in [-0.05, 0) is 18.4 Å². The van der Waals surface area contributed by atoms with Gasteiger partial charge in [0.05, 0.1) is 6.42 Å². The number of benzene rings is 1. The van der Waals surface area contributed by atoms with Crippen LogP contribution in [-0.4, -0.2) is 41.9 Å². The fraction of sp³-hybridized carbons (Fsp3) is 0.529. The van der Waals surface area contributed by atoms with Crippen molar-refractivity contribution in [2.24, 2.45) is 5.73 Å². The number of carbonyl (C=O) groups is 2. The molecule has 5 nitrogen and oxygen atoms in total. The van der Waals surface area contributed by atoms with Crippen LogP contribution in [0, 0.1) is 0 Å². The van der Waals surface area contributed by atoms with Gasteiger partial charge in [-0.3, -0.25) is 9.59 Å². The van der Waals surface area contributed by atoms with Crippen LogP contribution in [0.25, 0.3) is 0 Å². The van der Waals surface area contributed by atoms with Crippen LogP contribution in [0.15, 0.2) is 30.3 Å². The molecule has 1 unspecified atom stereocenters. The van der Waals surface area contributed by atoms with Crippen molar-refractivity contribution < 1.29 is 9.59 Å². The highest BCUT2D eigenvalue weighted by Crippen LogP contribution is 2.11. The maximum atomic E-state index is 12.5. The molecule has 3 N–H and O–H groups in total. The molecule has 2 amide bonds. The van der Waals surface area contributed by atoms with E-state index in [4.69, 9.17) is 5.73 Å². The van der Waals surface area contributed by atoms with Gasteiger partial charge in [0, 0.05) is 19.1 Å². The third kappa shape index (κ3) is 5.84. The minimum atomic E-state index is -0.438. The van der Waals surface area contributed by atoms with E-state index in [9.17, 15) is 9.59 Å². The molecule has 1 aliphatic heterocycles. The maximum Gasteiger partial charge on any atom is 0.245 e. The van der Waals surface area contributed by atoms with Gasteiger partial charge in [0.1, 0.15) is 6.04 Å². The number of nitrogens with two attached hydrogens (primary N) is 1. The van der Waals surface area contributed by atoms with E-state index in [0.29, 0.717) is 25.9 Å². The van der Waals surface area contributed by atoms with Crippen molar-refractivity contribution in [1.29, 1.82) is 0 Å². The lowest BCUT2D eigenvalue weighted by atomic mass is 10.1. The lowest BCUT2D eigenvalue weighted by Crippen LogP contribution is -2.48. The van der Waals surface area contributed by atoms with Crippen LogP contribution in [0.2, 0.25) is 0 Å². The van der Waals surface area contributed by atoms with Gasteiger partial charge in [-0.25, -0.2) is 0 Å². The Morgan fingerprint density at radius 2 is 2.04 bits per heavy atom. The first kappa shape index (κ1) is 19.5. The second-order valence-electron chi connectivity index (χ2n) is 5.90. The molecule has 0 aromatic heterocycles. The Bertz CT molecular complexity index is 510. The molecule has 0 spiro atoms. The molecule has 1 saturated heterocycles. The molecule has 0 bridgehead atoms. The largest absolute Gasteiger partial charge is 0.344 e. The SMILES string of the molecule is CCCC(NC(=O)Cc1ccccc1)C(=O)N1CC[C@@H](N)C1.Cl. The number of amides is 2. The Hall–Kier alpha value is -1.59. The summed E-state index contributed by atoms with van der Waals surface area (Å²) < 4.78 is 0. The van der Waals surface area contributed by atoms with Gasteiger partial charge < -0.3 is 16.0 Å². The summed E-state index contributed by atoms with van der Waals surface area (Å²) in [7, 11) is 0. The standard InChI is InChI=1S/C17H25N3O2.ClH/c1-2-6-15(17(22)20-10-9-14(18)12-20)19-16(21)11-13-7-4-3-5-8-13;/h3-5,7-8,14-15H,2,6,9-12,18H2,1H3,(H,19,21);1H/t14-,15?;/m1./s1. The number of nitrogens with one attached hydrogen (secondary N) is 1. The van der Waals surface area contributed by atoms with Crippen molar-refractivity contribution in [1.82, 2.24) is 10.2 Å². The molecule has 1 aromatic carbocycles. The number of halogens is 1. The molecule has 6 heteroatoms. The molecule has 2 atom stereocenters. The highest BCUT2D eigenvalue weighted by atomic mass is 35.5. The highest BCUT2D eigenvalue weighted by Gasteiger charge is 2.29. The van der Waals surface area contributed by atoms with E-state index in [2.05, 4.69) is 5.32 Å². The number of rotatable bonds is 6. The topological polar surface area (TPSA) is 75.4 Å². The van der Waals surface area contributed by atoms with E-state index >= 15 is 0 Å². The van der Waals surface area contributed by atoms with Gasteiger partial charge in [0.15, 0.2) is 0 Å². The zero-order valence-electron chi connectivity index (χ0n) is 13.5. The Morgan fingerprint density at radius 3 is 2.61 bits per heavy atom. The summed E-state index contributed by atoms with van der Waals surface area (Å²) in [6.45, 7) is 3.29. The molecule has 0 radical (unpaired) electrons. The number of hydrogen-bond acceptors (Lipinski definition) is 3. The van der Waals surface area contributed by atoms with Crippen molar-refractivity contribution in [2.75, 3.05) is 13.1 Å². The summed E-state index contributed by atoms with van der Waals surface area (Å²) in [5.41, 5.74) is 6.81. The van der Waals surface area contributed by atoms with Gasteiger partial charge in [0.2, 0.25) is 11.8 Å². The first-order valence-corrected chi connectivity index (χ1v) is 7.97. The van der Waals surface area contributed by atoms with Gasteiger partial charge in [0.25, 0.3) is 0 Å². The summed E-state index contributed by atoms with van der Waals surface area (Å²) in [4.78, 5) is 26.5. The molecule has 0 aliphatic carbocycles. The molecule has 23 heavy (non-hydrogen) atoms. The summed E-state index contributed by atoms with van der Waals surface area (Å²) >= 11 is 0. The van der Waals surface area contributed by atoms with E-state index in [1.54, 1.807) is 4.90 Å². The summed E-state index contributed by atoms with van der Waals surface area (Å²) in [6, 6.07) is 9.18. The van der Waals surface area contributed by atoms with Crippen molar-refractivity contribution in [2.45, 2.75) is 44.7 Å². The zero-order chi connectivity index (χ0) is 15.9. The van der Waals surface area contributed by atoms with E-state index in [1.807, 2.05) is 37.3 Å². The fourth-order valence-electron chi connectivity index (χ4n) is 2.78. The summed E-state index contributed by atoms with van der Waals surface area (Å²) in [5, 5.41) is 2.89. The van der Waals surface area contributed by atoms with E-state index in [0.717, 1.165) is 18.4 Å². The third-order valence-electron chi connectivity index (χ3n) is 3.95. The first-order valence-electron chi connectivity index (χ1n) is 7.97. The van der Waals surface area contributed by atoms with Crippen molar-refractivity contribution in [3.05, 3.63) is 35.9 Å². The smallest absolute Gasteiger partial charge is 0.245 e. The van der Waals surface area contributed by atoms with Gasteiger partial charge in [-0.1, -0.05) is 43.7 Å². The third-order valence-corrected chi connectivity index (χ3v) is 3.95. The van der Waals surface area contributed by atoms with Gasteiger partial charge in [-0.2, -0.15) is 0 Å². The Balaban J connectivity index is 0.00000264. The first-order chi connectivity index (χ1) is 10.6.